The highest BCUT2D eigenvalue weighted by Gasteiger charge is 2.46. The summed E-state index contributed by atoms with van der Waals surface area (Å²) in [4.78, 5) is 84.1. The number of guanidine groups is 3. The number of aliphatic imine (C=N–C) groups is 3. The van der Waals surface area contributed by atoms with Crippen LogP contribution >= 0.6 is 31.9 Å². The predicted octanol–water partition coefficient (Wildman–Crippen LogP) is 8.55. The average molecular weight is 1550 g/mol. The van der Waals surface area contributed by atoms with E-state index >= 15 is 4.39 Å². The fourth-order valence-electron chi connectivity index (χ4n) is 9.43. The van der Waals surface area contributed by atoms with Gasteiger partial charge in [-0.3, -0.25) is 30.2 Å². The van der Waals surface area contributed by atoms with Gasteiger partial charge in [0, 0.05) is 83.9 Å². The van der Waals surface area contributed by atoms with Gasteiger partial charge in [0.05, 0.1) is 18.6 Å². The van der Waals surface area contributed by atoms with E-state index in [0.29, 0.717) is 14.5 Å². The van der Waals surface area contributed by atoms with Gasteiger partial charge >= 0.3 is 18.2 Å². The molecule has 6 aromatic rings. The Morgan fingerprint density at radius 2 is 0.959 bits per heavy atom. The Hall–Kier alpha value is -8.93. The number of rotatable bonds is 10. The fourth-order valence-corrected chi connectivity index (χ4v) is 14.6. The van der Waals surface area contributed by atoms with E-state index < -0.39 is 111 Å². The van der Waals surface area contributed by atoms with Crippen LogP contribution in [0.4, 0.5) is 28.4 Å². The molecular formula is C63H72Br2F3N13O14S3. The van der Waals surface area contributed by atoms with Crippen LogP contribution in [-0.4, -0.2) is 155 Å². The molecule has 3 aromatic heterocycles. The molecule has 3 aliphatic heterocycles. The molecule has 7 N–H and O–H groups in total. The summed E-state index contributed by atoms with van der Waals surface area (Å²) in [6.07, 6.45) is 2.38. The molecule has 3 atom stereocenters. The number of nitrogens with one attached hydrogen (secondary N) is 2. The normalized spacial score (nSPS) is 20.0. The number of carboxylic acids is 1. The van der Waals surface area contributed by atoms with Crippen LogP contribution in [0.5, 0.6) is 0 Å². The number of alkyl carbamates (subject to hydrolysis) is 2. The van der Waals surface area contributed by atoms with Crippen LogP contribution in [0.3, 0.4) is 0 Å². The molecule has 0 radical (unpaired) electrons. The third-order valence-electron chi connectivity index (χ3n) is 14.3. The summed E-state index contributed by atoms with van der Waals surface area (Å²) in [5, 5.41) is 13.0. The van der Waals surface area contributed by atoms with E-state index in [9.17, 15) is 58.0 Å². The molecule has 2 amide bonds. The molecule has 0 bridgehead atoms. The number of nitrogens with zero attached hydrogens (tertiary/aromatic N) is 9. The molecule has 0 saturated carbocycles. The molecular weight excluding hydrogens is 1480 g/mol. The van der Waals surface area contributed by atoms with Gasteiger partial charge in [-0.1, -0.05) is 40.2 Å². The summed E-state index contributed by atoms with van der Waals surface area (Å²) in [5.74, 6) is -6.14. The van der Waals surface area contributed by atoms with Crippen molar-refractivity contribution in [3.05, 3.63) is 187 Å². The second kappa shape index (κ2) is 30.5. The Balaban J connectivity index is 0.000000221. The minimum Gasteiger partial charge on any atom is -0.477 e. The van der Waals surface area contributed by atoms with Gasteiger partial charge in [0.2, 0.25) is 47.9 Å². The standard InChI is InChI=1S/C23H26BrFN4O5S.C18H19FN4O3S.C16H22BrFN4O4S.C6H5NO2/c1-22(2,3)34-21(31)27-20-28-23(4,13-35(32,33)29(20)5)15-10-14(16(24)12-17(15)25)11-19(30)18-8-6-7-9-26-18;1-18(11-27(25,26)23(2)17(20)22-18)13-9-12(6-7-14(13)19)10-16(24)15-5-3-4-8-21-15;1-15(2,3)26-14(23)20-13-21-16(4,8-27(24,25)22(13)5)9-6-12(19)10(17)7-11(9)18;8-6(9)5-3-1-2-4-7-5/h6-10,12H,11,13H2,1-5H3,(H,27,28,31);3-9H,10-11H2,1-2H3,(H2,20,22);6-7H,8,19H2,1-5H3,(H,20,21,23);1-4H,(H,8,9)/t23-;18-;16-;/m000./s1/i;6D;;. The number of amides is 2. The van der Waals surface area contributed by atoms with Crippen LogP contribution in [0.1, 0.15) is 123 Å². The van der Waals surface area contributed by atoms with Crippen LogP contribution < -0.4 is 22.1 Å². The number of ether oxygens (including phenoxy) is 2. The van der Waals surface area contributed by atoms with Crippen molar-refractivity contribution in [3.8, 4) is 0 Å². The smallest absolute Gasteiger partial charge is 0.414 e. The summed E-state index contributed by atoms with van der Waals surface area (Å²) >= 11 is 6.41. The van der Waals surface area contributed by atoms with Gasteiger partial charge < -0.3 is 26.0 Å². The lowest BCUT2D eigenvalue weighted by Crippen LogP contribution is -2.54. The van der Waals surface area contributed by atoms with Gasteiger partial charge in [0.15, 0.2) is 11.6 Å². The molecule has 0 saturated heterocycles. The highest BCUT2D eigenvalue weighted by atomic mass is 79.9. The van der Waals surface area contributed by atoms with Crippen molar-refractivity contribution < 1.29 is 78.3 Å². The number of carboxylic acid groups (broad SMARTS) is 1. The number of hydrogen-bond donors (Lipinski definition) is 5. The number of benzene rings is 3. The largest absolute Gasteiger partial charge is 0.477 e. The number of halogens is 5. The number of aromatic carboxylic acids is 1. The molecule has 0 unspecified atom stereocenters. The highest BCUT2D eigenvalue weighted by molar-refractivity contribution is 9.11. The zero-order chi connectivity index (χ0) is 74.3. The lowest BCUT2D eigenvalue weighted by atomic mass is 9.91. The SMILES string of the molecule is CN1C(NC(=O)OC(C)(C)C)=N[C@](C)(c2cc(CC(=O)c3ccccn3)c(Br)cc2F)CS1(=O)=O.CN1C(NC(=O)OC(C)(C)C)=N[C@](C)(c2cc(N)c(Br)cc2F)CS1(=O)=O.O=C(O)c1ccccn1.[2H]c1cc(F)c([C@]2(C)CS(=O)(=O)N(C)C(N)=N2)cc1CC(=O)c1ccccn1. The summed E-state index contributed by atoms with van der Waals surface area (Å²) in [5.41, 5.74) is 6.77. The number of sulfonamides is 3. The number of aromatic nitrogens is 3. The molecule has 0 fully saturated rings. The third kappa shape index (κ3) is 20.1. The van der Waals surface area contributed by atoms with Crippen LogP contribution in [0.2, 0.25) is 0 Å². The van der Waals surface area contributed by atoms with Crippen LogP contribution in [0.25, 0.3) is 0 Å². The van der Waals surface area contributed by atoms with E-state index in [0.717, 1.165) is 25.0 Å². The van der Waals surface area contributed by atoms with Crippen molar-refractivity contribution in [2.24, 2.45) is 20.7 Å². The summed E-state index contributed by atoms with van der Waals surface area (Å²) < 4.78 is 142. The number of anilines is 1. The van der Waals surface area contributed by atoms with Crippen molar-refractivity contribution >= 4 is 115 Å². The Bertz CT molecular complexity index is 4560. The molecule has 0 aliphatic carbocycles. The van der Waals surface area contributed by atoms with E-state index in [2.05, 4.69) is 72.4 Å². The molecule has 27 nitrogen and oxygen atoms in total. The lowest BCUT2D eigenvalue weighted by molar-refractivity contribution is 0.0546. The number of hydrogen-bond acceptors (Lipinski definition) is 21. The molecule has 35 heteroatoms. The van der Waals surface area contributed by atoms with Gasteiger partial charge in [-0.05, 0) is 162 Å². The highest BCUT2D eigenvalue weighted by Crippen LogP contribution is 2.39. The zero-order valence-electron chi connectivity index (χ0n) is 56.0. The number of ketones is 2. The maximum Gasteiger partial charge on any atom is 0.414 e. The van der Waals surface area contributed by atoms with Crippen molar-refractivity contribution in [2.45, 2.75) is 103 Å². The topological polar surface area (TPSA) is 388 Å². The zero-order valence-corrected chi connectivity index (χ0v) is 60.6. The van der Waals surface area contributed by atoms with Crippen molar-refractivity contribution in [1.29, 1.82) is 0 Å². The second-order valence-corrected chi connectivity index (χ2v) is 32.4. The van der Waals surface area contributed by atoms with Gasteiger partial charge in [-0.15, -0.1) is 0 Å². The quantitative estimate of drug-likeness (QED) is 0.0633. The molecule has 6 heterocycles. The van der Waals surface area contributed by atoms with Crippen LogP contribution in [0.15, 0.2) is 140 Å². The maximum atomic E-state index is 15.2. The average Bonchev–Trinajstić information content (AvgIpc) is 0.764. The number of pyridine rings is 3. The van der Waals surface area contributed by atoms with Gasteiger partial charge in [-0.2, -0.15) is 0 Å². The van der Waals surface area contributed by atoms with E-state index in [1.54, 1.807) is 90.1 Å². The first-order chi connectivity index (χ1) is 45.6. The fraction of sp³-hybridized carbons (Fsp3) is 0.349. The molecule has 3 aromatic carbocycles. The van der Waals surface area contributed by atoms with Gasteiger partial charge in [0.25, 0.3) is 0 Å². The van der Waals surface area contributed by atoms with Crippen LogP contribution in [0, 0.1) is 17.5 Å². The second-order valence-electron chi connectivity index (χ2n) is 24.7. The van der Waals surface area contributed by atoms with Gasteiger partial charge in [0.1, 0.15) is 62.4 Å². The minimum absolute atomic E-state index is 0.00311. The number of nitrogen functional groups attached to an aromatic ring is 1. The monoisotopic (exact) mass is 1550 g/mol. The van der Waals surface area contributed by atoms with E-state index in [4.69, 9.17) is 27.4 Å². The maximum absolute atomic E-state index is 15.2. The van der Waals surface area contributed by atoms with Crippen molar-refractivity contribution in [1.82, 2.24) is 38.5 Å². The number of nitrogens with two attached hydrogens (primary N) is 2. The molecule has 98 heavy (non-hydrogen) atoms. The number of carbonyl (C=O) groups is 5. The van der Waals surface area contributed by atoms with E-state index in [1.807, 2.05) is 0 Å². The first kappa shape index (κ1) is 76.4. The Labute approximate surface area is 583 Å². The summed E-state index contributed by atoms with van der Waals surface area (Å²) in [6.45, 7) is 14.3. The molecule has 526 valence electrons. The lowest BCUT2D eigenvalue weighted by Gasteiger charge is -2.36. The van der Waals surface area contributed by atoms with Crippen LogP contribution in [-0.2, 0) is 69.0 Å². The van der Waals surface area contributed by atoms with E-state index in [1.165, 1.54) is 90.8 Å². The molecule has 0 spiro atoms. The first-order valence-electron chi connectivity index (χ1n) is 29.6. The summed E-state index contributed by atoms with van der Waals surface area (Å²) in [7, 11) is -7.90. The first-order valence-corrected chi connectivity index (χ1v) is 35.5. The number of Topliss-reactive ketones (excluding diaryl/α,β-unsaturated/α-hetero) is 2. The Morgan fingerprint density at radius 3 is 1.36 bits per heavy atom. The van der Waals surface area contributed by atoms with Gasteiger partial charge in [-0.25, -0.2) is 85.7 Å². The minimum atomic E-state index is -3.98. The Kier molecular flexibility index (Phi) is 23.8. The number of carbonyl (C=O) groups excluding carboxylic acids is 4. The van der Waals surface area contributed by atoms with E-state index in [-0.39, 0.29) is 93.4 Å². The predicted molar refractivity (Wildman–Crippen MR) is 367 cm³/mol. The molecule has 3 aliphatic rings. The van der Waals surface area contributed by atoms with Crippen molar-refractivity contribution in [3.63, 3.8) is 0 Å². The van der Waals surface area contributed by atoms with Crippen molar-refractivity contribution in [2.75, 3.05) is 44.1 Å². The molecule has 9 rings (SSSR count). The Morgan fingerprint density at radius 1 is 0.571 bits per heavy atom. The third-order valence-corrected chi connectivity index (χ3v) is 21.5. The summed E-state index contributed by atoms with van der Waals surface area (Å²) in [6, 6.07) is 21.8.